The fourth-order valence-corrected chi connectivity index (χ4v) is 2.89. The lowest BCUT2D eigenvalue weighted by Gasteiger charge is -2.34. The first-order valence-corrected chi connectivity index (χ1v) is 7.91. The number of aryl methyl sites for hydroxylation is 1. The SMILES string of the molecule is CCC1Oc2ccc(C)cc2N(Cc2ccccc2C(=O)O)C1=O. The van der Waals surface area contributed by atoms with E-state index in [0.29, 0.717) is 23.4 Å². The van der Waals surface area contributed by atoms with Crippen molar-refractivity contribution < 1.29 is 19.4 Å². The standard InChI is InChI=1S/C19H19NO4/c1-3-16-18(21)20(15-10-12(2)8-9-17(15)24-16)11-13-6-4-5-7-14(13)19(22)23/h4-10,16H,3,11H2,1-2H3,(H,22,23). The van der Waals surface area contributed by atoms with Gasteiger partial charge in [0.1, 0.15) is 5.75 Å². The Morgan fingerprint density at radius 2 is 2.00 bits per heavy atom. The van der Waals surface area contributed by atoms with Crippen molar-refractivity contribution in [2.24, 2.45) is 0 Å². The predicted molar refractivity (Wildman–Crippen MR) is 90.5 cm³/mol. The second-order valence-electron chi connectivity index (χ2n) is 5.87. The summed E-state index contributed by atoms with van der Waals surface area (Å²) in [6.45, 7) is 4.04. The molecule has 5 nitrogen and oxygen atoms in total. The fraction of sp³-hybridized carbons (Fsp3) is 0.263. The molecule has 1 N–H and O–H groups in total. The summed E-state index contributed by atoms with van der Waals surface area (Å²) < 4.78 is 5.79. The van der Waals surface area contributed by atoms with Crippen LogP contribution in [0.1, 0.15) is 34.8 Å². The Morgan fingerprint density at radius 1 is 1.25 bits per heavy atom. The molecule has 0 radical (unpaired) electrons. The average Bonchev–Trinajstić information content (AvgIpc) is 2.57. The predicted octanol–water partition coefficient (Wildman–Crippen LogP) is 3.40. The van der Waals surface area contributed by atoms with E-state index in [4.69, 9.17) is 4.74 Å². The topological polar surface area (TPSA) is 66.8 Å². The highest BCUT2D eigenvalue weighted by atomic mass is 16.5. The lowest BCUT2D eigenvalue weighted by molar-refractivity contribution is -0.126. The van der Waals surface area contributed by atoms with Crippen LogP contribution in [-0.2, 0) is 11.3 Å². The van der Waals surface area contributed by atoms with Gasteiger partial charge >= 0.3 is 5.97 Å². The minimum absolute atomic E-state index is 0.143. The molecule has 0 saturated heterocycles. The van der Waals surface area contributed by atoms with Gasteiger partial charge in [0.2, 0.25) is 0 Å². The van der Waals surface area contributed by atoms with Crippen LogP contribution in [0.3, 0.4) is 0 Å². The molecule has 24 heavy (non-hydrogen) atoms. The van der Waals surface area contributed by atoms with Crippen LogP contribution in [0.4, 0.5) is 5.69 Å². The lowest BCUT2D eigenvalue weighted by atomic mass is 10.0. The number of carboxylic acid groups (broad SMARTS) is 1. The Bertz CT molecular complexity index is 800. The van der Waals surface area contributed by atoms with Crippen LogP contribution in [0.15, 0.2) is 42.5 Å². The Hall–Kier alpha value is -2.82. The smallest absolute Gasteiger partial charge is 0.336 e. The molecule has 1 unspecified atom stereocenters. The van der Waals surface area contributed by atoms with Crippen molar-refractivity contribution >= 4 is 17.6 Å². The first kappa shape index (κ1) is 16.1. The minimum Gasteiger partial charge on any atom is -0.478 e. The third-order valence-corrected chi connectivity index (χ3v) is 4.16. The van der Waals surface area contributed by atoms with Crippen molar-refractivity contribution in [3.8, 4) is 5.75 Å². The molecule has 0 aromatic heterocycles. The second kappa shape index (κ2) is 6.35. The summed E-state index contributed by atoms with van der Waals surface area (Å²) in [6, 6.07) is 12.4. The Kier molecular flexibility index (Phi) is 4.25. The van der Waals surface area contributed by atoms with E-state index in [0.717, 1.165) is 5.56 Å². The van der Waals surface area contributed by atoms with Gasteiger partial charge in [-0.05, 0) is 42.7 Å². The number of fused-ring (bicyclic) bond motifs is 1. The third-order valence-electron chi connectivity index (χ3n) is 4.16. The number of rotatable bonds is 4. The van der Waals surface area contributed by atoms with E-state index in [-0.39, 0.29) is 18.0 Å². The molecule has 2 aromatic carbocycles. The van der Waals surface area contributed by atoms with Crippen molar-refractivity contribution in [3.05, 3.63) is 59.2 Å². The van der Waals surface area contributed by atoms with Gasteiger partial charge in [0, 0.05) is 0 Å². The molecule has 5 heteroatoms. The lowest BCUT2D eigenvalue weighted by Crippen LogP contribution is -2.45. The molecule has 2 aromatic rings. The molecule has 1 aliphatic heterocycles. The molecule has 3 rings (SSSR count). The van der Waals surface area contributed by atoms with Gasteiger partial charge in [-0.25, -0.2) is 4.79 Å². The molecule has 0 aliphatic carbocycles. The van der Waals surface area contributed by atoms with Crippen LogP contribution >= 0.6 is 0 Å². The maximum Gasteiger partial charge on any atom is 0.336 e. The van der Waals surface area contributed by atoms with Crippen molar-refractivity contribution in [2.75, 3.05) is 4.90 Å². The van der Waals surface area contributed by atoms with E-state index in [1.807, 2.05) is 32.0 Å². The zero-order chi connectivity index (χ0) is 17.3. The zero-order valence-corrected chi connectivity index (χ0v) is 13.7. The molecule has 1 heterocycles. The van der Waals surface area contributed by atoms with Gasteiger partial charge in [-0.2, -0.15) is 0 Å². The number of anilines is 1. The molecule has 0 saturated carbocycles. The summed E-state index contributed by atoms with van der Waals surface area (Å²) in [4.78, 5) is 25.8. The summed E-state index contributed by atoms with van der Waals surface area (Å²) in [5.74, 6) is -0.488. The highest BCUT2D eigenvalue weighted by Crippen LogP contribution is 2.36. The van der Waals surface area contributed by atoms with E-state index in [1.54, 1.807) is 29.2 Å². The fourth-order valence-electron chi connectivity index (χ4n) is 2.89. The number of aromatic carboxylic acids is 1. The highest BCUT2D eigenvalue weighted by molar-refractivity contribution is 6.00. The van der Waals surface area contributed by atoms with Gasteiger partial charge in [-0.1, -0.05) is 31.2 Å². The van der Waals surface area contributed by atoms with E-state index >= 15 is 0 Å². The summed E-state index contributed by atoms with van der Waals surface area (Å²) in [6.07, 6.45) is 0.0145. The Labute approximate surface area is 140 Å². The maximum atomic E-state index is 12.8. The first-order chi connectivity index (χ1) is 11.5. The van der Waals surface area contributed by atoms with Gasteiger partial charge in [0.05, 0.1) is 17.8 Å². The average molecular weight is 325 g/mol. The van der Waals surface area contributed by atoms with Crippen LogP contribution in [0.5, 0.6) is 5.75 Å². The van der Waals surface area contributed by atoms with Crippen LogP contribution in [0.2, 0.25) is 0 Å². The molecular formula is C19H19NO4. The van der Waals surface area contributed by atoms with E-state index in [2.05, 4.69) is 0 Å². The minimum atomic E-state index is -0.997. The number of carboxylic acids is 1. The summed E-state index contributed by atoms with van der Waals surface area (Å²) in [5.41, 5.74) is 2.50. The van der Waals surface area contributed by atoms with E-state index in [9.17, 15) is 14.7 Å². The number of ether oxygens (including phenoxy) is 1. The molecular weight excluding hydrogens is 306 g/mol. The highest BCUT2D eigenvalue weighted by Gasteiger charge is 2.33. The Morgan fingerprint density at radius 3 is 2.71 bits per heavy atom. The summed E-state index contributed by atoms with van der Waals surface area (Å²) >= 11 is 0. The van der Waals surface area contributed by atoms with Gasteiger partial charge in [0.15, 0.2) is 6.10 Å². The van der Waals surface area contributed by atoms with Crippen molar-refractivity contribution in [2.45, 2.75) is 32.9 Å². The van der Waals surface area contributed by atoms with Gasteiger partial charge in [0.25, 0.3) is 5.91 Å². The summed E-state index contributed by atoms with van der Waals surface area (Å²) in [5, 5.41) is 9.37. The monoisotopic (exact) mass is 325 g/mol. The Balaban J connectivity index is 2.05. The quantitative estimate of drug-likeness (QED) is 0.935. The van der Waals surface area contributed by atoms with Crippen molar-refractivity contribution in [3.63, 3.8) is 0 Å². The van der Waals surface area contributed by atoms with Crippen LogP contribution < -0.4 is 9.64 Å². The van der Waals surface area contributed by atoms with Crippen LogP contribution in [-0.4, -0.2) is 23.1 Å². The van der Waals surface area contributed by atoms with Gasteiger partial charge < -0.3 is 14.7 Å². The normalized spacial score (nSPS) is 16.5. The van der Waals surface area contributed by atoms with Crippen LogP contribution in [0, 0.1) is 6.92 Å². The zero-order valence-electron chi connectivity index (χ0n) is 13.7. The maximum absolute atomic E-state index is 12.8. The van der Waals surface area contributed by atoms with E-state index < -0.39 is 12.1 Å². The number of benzene rings is 2. The second-order valence-corrected chi connectivity index (χ2v) is 5.87. The number of amides is 1. The van der Waals surface area contributed by atoms with Gasteiger partial charge in [-0.15, -0.1) is 0 Å². The molecule has 0 fully saturated rings. The molecule has 1 amide bonds. The number of carbonyl (C=O) groups is 2. The van der Waals surface area contributed by atoms with Crippen molar-refractivity contribution in [1.29, 1.82) is 0 Å². The van der Waals surface area contributed by atoms with Gasteiger partial charge in [-0.3, -0.25) is 4.79 Å². The van der Waals surface area contributed by atoms with Crippen molar-refractivity contribution in [1.82, 2.24) is 0 Å². The third kappa shape index (κ3) is 2.85. The van der Waals surface area contributed by atoms with E-state index in [1.165, 1.54) is 0 Å². The molecule has 1 atom stereocenters. The molecule has 0 bridgehead atoms. The molecule has 124 valence electrons. The number of nitrogens with zero attached hydrogens (tertiary/aromatic N) is 1. The summed E-state index contributed by atoms with van der Waals surface area (Å²) in [7, 11) is 0. The molecule has 1 aliphatic rings. The number of hydrogen-bond acceptors (Lipinski definition) is 3. The largest absolute Gasteiger partial charge is 0.478 e. The number of carbonyl (C=O) groups excluding carboxylic acids is 1. The first-order valence-electron chi connectivity index (χ1n) is 7.91. The van der Waals surface area contributed by atoms with Crippen LogP contribution in [0.25, 0.3) is 0 Å². The molecule has 0 spiro atoms. The number of hydrogen-bond donors (Lipinski definition) is 1.